The minimum atomic E-state index is -0.272. The van der Waals surface area contributed by atoms with Gasteiger partial charge in [-0.15, -0.1) is 0 Å². The fraction of sp³-hybridized carbons (Fsp3) is 0.0952. The van der Waals surface area contributed by atoms with Gasteiger partial charge in [0.1, 0.15) is 23.3 Å². The normalized spacial score (nSPS) is 16.3. The Bertz CT molecular complexity index is 4110. The predicted octanol–water partition coefficient (Wildman–Crippen LogP) is 14.6. The molecule has 14 rings (SSSR count). The van der Waals surface area contributed by atoms with Crippen LogP contribution in [0.25, 0.3) is 84.0 Å². The Hall–Kier alpha value is -9.35. The summed E-state index contributed by atoms with van der Waals surface area (Å²) in [6, 6.07) is 55.8. The second-order valence-electron chi connectivity index (χ2n) is 18.6. The Kier molecular flexibility index (Phi) is 8.72. The van der Waals surface area contributed by atoms with Crippen LogP contribution < -0.4 is 4.90 Å². The van der Waals surface area contributed by atoms with Gasteiger partial charge in [0, 0.05) is 61.4 Å². The highest BCUT2D eigenvalue weighted by atomic mass is 15.2. The number of benzene rings is 7. The van der Waals surface area contributed by atoms with Crippen LogP contribution in [0, 0.1) is 34.0 Å². The maximum absolute atomic E-state index is 12.3. The molecule has 2 unspecified atom stereocenters. The van der Waals surface area contributed by atoms with Crippen LogP contribution in [-0.2, 0) is 12.8 Å². The van der Waals surface area contributed by atoms with E-state index in [-0.39, 0.29) is 12.0 Å². The summed E-state index contributed by atoms with van der Waals surface area (Å²) in [4.78, 5) is 2.32. The first-order chi connectivity index (χ1) is 34.7. The van der Waals surface area contributed by atoms with Crippen molar-refractivity contribution in [2.75, 3.05) is 4.90 Å². The van der Waals surface area contributed by atoms with Crippen LogP contribution in [0.2, 0.25) is 0 Å². The van der Waals surface area contributed by atoms with Crippen LogP contribution in [0.4, 0.5) is 11.4 Å². The topological polar surface area (TPSA) is 89.4 Å². The summed E-state index contributed by atoms with van der Waals surface area (Å²) in [5.41, 5.74) is 16.8. The number of allylic oxidation sites excluding steroid dienone is 4. The molecular formula is C63H41N7. The summed E-state index contributed by atoms with van der Waals surface area (Å²) < 4.78 is 6.99. The summed E-state index contributed by atoms with van der Waals surface area (Å²) in [5, 5.41) is 39.1. The first kappa shape index (κ1) is 39.8. The zero-order valence-electron chi connectivity index (χ0n) is 38.0. The molecule has 0 fully saturated rings. The molecule has 0 saturated carbocycles. The molecule has 4 heterocycles. The minimum absolute atomic E-state index is 0.106. The van der Waals surface area contributed by atoms with E-state index in [1.165, 1.54) is 27.8 Å². The van der Waals surface area contributed by atoms with Crippen LogP contribution >= 0.6 is 0 Å². The number of nitrogens with zero attached hydrogens (tertiary/aromatic N) is 7. The Morgan fingerprint density at radius 1 is 0.486 bits per heavy atom. The lowest BCUT2D eigenvalue weighted by Gasteiger charge is -2.33. The van der Waals surface area contributed by atoms with Crippen molar-refractivity contribution in [1.29, 1.82) is 15.8 Å². The van der Waals surface area contributed by atoms with Crippen molar-refractivity contribution in [2.45, 2.75) is 37.6 Å². The van der Waals surface area contributed by atoms with Crippen molar-refractivity contribution in [2.24, 2.45) is 0 Å². The number of anilines is 2. The number of para-hydroxylation sites is 4. The first-order valence-electron chi connectivity index (χ1n) is 24.1. The van der Waals surface area contributed by atoms with Gasteiger partial charge in [-0.05, 0) is 103 Å². The molecule has 10 aromatic rings. The van der Waals surface area contributed by atoms with Crippen molar-refractivity contribution >= 4 is 67.1 Å². The highest BCUT2D eigenvalue weighted by molar-refractivity contribution is 6.12. The standard InChI is InChI=1S/C63H41N7/c64-36-39-30-32-40(33-31-39)58-62(68-52-25-11-4-18-42(52)43-19-5-12-26-53(43)68)49(37-65)60(50(38-66)63(58)69-54-27-13-6-20-44(54)45-21-7-14-28-55(45)69)70-56-29-15-9-23-48(56)59-57(70)35-34-47-46-22-8-10-24-51(46)67(61(47)59)41-16-2-1-3-17-41/h1-6,9-20,23-35,48,56H,7-8,21-22H2. The van der Waals surface area contributed by atoms with Gasteiger partial charge in [0.2, 0.25) is 0 Å². The molecule has 1 aliphatic heterocycles. The van der Waals surface area contributed by atoms with Gasteiger partial charge >= 0.3 is 0 Å². The van der Waals surface area contributed by atoms with Crippen LogP contribution in [0.15, 0.2) is 176 Å². The number of rotatable bonds is 5. The zero-order chi connectivity index (χ0) is 46.6. The van der Waals surface area contributed by atoms with E-state index in [9.17, 15) is 15.8 Å². The lowest BCUT2D eigenvalue weighted by molar-refractivity contribution is 0.744. The third kappa shape index (κ3) is 5.42. The van der Waals surface area contributed by atoms with Crippen LogP contribution in [0.1, 0.15) is 63.5 Å². The monoisotopic (exact) mass is 895 g/mol. The molecule has 0 saturated heterocycles. The van der Waals surface area contributed by atoms with E-state index in [0.29, 0.717) is 33.8 Å². The molecule has 0 bridgehead atoms. The second-order valence-corrected chi connectivity index (χ2v) is 18.6. The third-order valence-electron chi connectivity index (χ3n) is 15.2. The Balaban J connectivity index is 1.21. The summed E-state index contributed by atoms with van der Waals surface area (Å²) >= 11 is 0. The third-order valence-corrected chi connectivity index (χ3v) is 15.2. The van der Waals surface area contributed by atoms with E-state index in [0.717, 1.165) is 92.1 Å². The lowest BCUT2D eigenvalue weighted by atomic mass is 9.88. The quantitative estimate of drug-likeness (QED) is 0.172. The van der Waals surface area contributed by atoms with Gasteiger partial charge in [-0.3, -0.25) is 0 Å². The fourth-order valence-electron chi connectivity index (χ4n) is 12.4. The fourth-order valence-corrected chi connectivity index (χ4v) is 12.4. The molecule has 0 N–H and O–H groups in total. The minimum Gasteiger partial charge on any atom is -0.331 e. The number of nitriles is 3. The average molecular weight is 896 g/mol. The molecule has 7 nitrogen and oxygen atoms in total. The van der Waals surface area contributed by atoms with E-state index in [2.05, 4.69) is 201 Å². The van der Waals surface area contributed by atoms with Crippen molar-refractivity contribution < 1.29 is 0 Å². The Morgan fingerprint density at radius 3 is 1.71 bits per heavy atom. The highest BCUT2D eigenvalue weighted by Crippen LogP contribution is 2.57. The van der Waals surface area contributed by atoms with E-state index in [1.54, 1.807) is 0 Å². The van der Waals surface area contributed by atoms with Gasteiger partial charge in [-0.25, -0.2) is 0 Å². The predicted molar refractivity (Wildman–Crippen MR) is 282 cm³/mol. The van der Waals surface area contributed by atoms with Crippen LogP contribution in [-0.4, -0.2) is 19.7 Å². The summed E-state index contributed by atoms with van der Waals surface area (Å²) in [6.45, 7) is 0. The van der Waals surface area contributed by atoms with E-state index >= 15 is 0 Å². The molecule has 3 aliphatic carbocycles. The SMILES string of the molecule is N#Cc1ccc(-c2c(-n3c4c(c5ccccc53)CCC=C4)c(C#N)c(N3c4ccc5c6c(n(-c7ccccc7)c5c4C4C=CC=CC43)C=CCC6)c(C#N)c2-n2c3ccccc3c3ccccc32)cc1. The molecule has 7 aromatic carbocycles. The lowest BCUT2D eigenvalue weighted by Crippen LogP contribution is -2.31. The van der Waals surface area contributed by atoms with E-state index < -0.39 is 0 Å². The van der Waals surface area contributed by atoms with Gasteiger partial charge in [0.15, 0.2) is 0 Å². The summed E-state index contributed by atoms with van der Waals surface area (Å²) in [5.74, 6) is -0.106. The van der Waals surface area contributed by atoms with Crippen molar-refractivity contribution in [3.63, 3.8) is 0 Å². The molecule has 70 heavy (non-hydrogen) atoms. The molecule has 0 radical (unpaired) electrons. The van der Waals surface area contributed by atoms with Gasteiger partial charge in [0.05, 0.1) is 56.8 Å². The van der Waals surface area contributed by atoms with Crippen LogP contribution in [0.3, 0.4) is 0 Å². The molecule has 328 valence electrons. The molecule has 0 amide bonds. The smallest absolute Gasteiger partial charge is 0.104 e. The number of hydrogen-bond acceptors (Lipinski definition) is 4. The molecule has 0 spiro atoms. The highest BCUT2D eigenvalue weighted by Gasteiger charge is 2.44. The van der Waals surface area contributed by atoms with Gasteiger partial charge < -0.3 is 18.6 Å². The number of fused-ring (bicyclic) bond motifs is 13. The summed E-state index contributed by atoms with van der Waals surface area (Å²) in [7, 11) is 0. The van der Waals surface area contributed by atoms with Gasteiger partial charge in [-0.1, -0.05) is 127 Å². The largest absolute Gasteiger partial charge is 0.331 e. The van der Waals surface area contributed by atoms with Crippen molar-refractivity contribution in [1.82, 2.24) is 13.7 Å². The Labute approximate surface area is 404 Å². The molecule has 3 aromatic heterocycles. The molecule has 7 heteroatoms. The second kappa shape index (κ2) is 15.3. The average Bonchev–Trinajstić information content (AvgIpc) is 4.15. The first-order valence-corrected chi connectivity index (χ1v) is 24.1. The van der Waals surface area contributed by atoms with Gasteiger partial charge in [0.25, 0.3) is 0 Å². The maximum atomic E-state index is 12.3. The maximum Gasteiger partial charge on any atom is 0.104 e. The van der Waals surface area contributed by atoms with Crippen molar-refractivity contribution in [3.8, 4) is 46.4 Å². The molecular weight excluding hydrogens is 855 g/mol. The zero-order valence-corrected chi connectivity index (χ0v) is 38.0. The van der Waals surface area contributed by atoms with Gasteiger partial charge in [-0.2, -0.15) is 15.8 Å². The van der Waals surface area contributed by atoms with E-state index in [1.807, 2.05) is 24.3 Å². The molecule has 4 aliphatic rings. The number of hydrogen-bond donors (Lipinski definition) is 0. The molecule has 2 atom stereocenters. The summed E-state index contributed by atoms with van der Waals surface area (Å²) in [6.07, 6.45) is 21.5. The van der Waals surface area contributed by atoms with Crippen molar-refractivity contribution in [3.05, 3.63) is 221 Å². The van der Waals surface area contributed by atoms with Crippen LogP contribution in [0.5, 0.6) is 0 Å². The number of aryl methyl sites for hydroxylation is 2. The van der Waals surface area contributed by atoms with E-state index in [4.69, 9.17) is 0 Å². The Morgan fingerprint density at radius 2 is 1.06 bits per heavy atom. The number of aromatic nitrogens is 3.